The Morgan fingerprint density at radius 1 is 1.32 bits per heavy atom. The molecule has 3 rings (SSSR count). The van der Waals surface area contributed by atoms with Crippen molar-refractivity contribution < 1.29 is 18.3 Å². The van der Waals surface area contributed by atoms with Crippen molar-refractivity contribution >= 4 is 6.09 Å². The van der Waals surface area contributed by atoms with Crippen molar-refractivity contribution in [3.05, 3.63) is 35.9 Å². The van der Waals surface area contributed by atoms with E-state index < -0.39 is 29.1 Å². The van der Waals surface area contributed by atoms with Gasteiger partial charge in [0.15, 0.2) is 0 Å². The number of halogens is 2. The average Bonchev–Trinajstić information content (AvgIpc) is 2.63. The second-order valence-electron chi connectivity index (χ2n) is 8.22. The summed E-state index contributed by atoms with van der Waals surface area (Å²) in [6.07, 6.45) is -0.0853. The molecule has 1 aromatic carbocycles. The molecule has 2 unspecified atom stereocenters. The normalized spacial score (nSPS) is 28.6. The second kappa shape index (κ2) is 6.24. The largest absolute Gasteiger partial charge is 0.444 e. The summed E-state index contributed by atoms with van der Waals surface area (Å²) >= 11 is 0. The third-order valence-corrected chi connectivity index (χ3v) is 5.03. The maximum atomic E-state index is 14.9. The highest BCUT2D eigenvalue weighted by molar-refractivity contribution is 5.69. The number of rotatable bonds is 3. The number of alkyl carbamates (subject to hydrolysis) is 1. The minimum absolute atomic E-state index is 0.130. The Hall–Kier alpha value is -1.69. The molecular formula is C19H26F2N2O2. The molecule has 1 aromatic rings. The molecular weight excluding hydrogens is 326 g/mol. The molecule has 2 atom stereocenters. The molecule has 0 radical (unpaired) electrons. The van der Waals surface area contributed by atoms with E-state index in [1.54, 1.807) is 20.8 Å². The van der Waals surface area contributed by atoms with Crippen LogP contribution in [0.25, 0.3) is 0 Å². The van der Waals surface area contributed by atoms with Crippen molar-refractivity contribution in [1.82, 2.24) is 10.2 Å². The first-order valence-corrected chi connectivity index (χ1v) is 8.77. The Morgan fingerprint density at radius 2 is 2.00 bits per heavy atom. The van der Waals surface area contributed by atoms with Gasteiger partial charge in [0.05, 0.1) is 0 Å². The predicted molar refractivity (Wildman–Crippen MR) is 91.5 cm³/mol. The van der Waals surface area contributed by atoms with Crippen LogP contribution < -0.4 is 5.32 Å². The zero-order valence-electron chi connectivity index (χ0n) is 15.0. The molecule has 1 aliphatic carbocycles. The van der Waals surface area contributed by atoms with E-state index in [2.05, 4.69) is 5.32 Å². The number of ether oxygens (including phenoxy) is 1. The molecule has 1 N–H and O–H groups in total. The van der Waals surface area contributed by atoms with E-state index >= 15 is 0 Å². The molecule has 2 aliphatic rings. The third kappa shape index (κ3) is 3.64. The van der Waals surface area contributed by atoms with Crippen LogP contribution in [0, 0.1) is 5.92 Å². The first-order valence-electron chi connectivity index (χ1n) is 8.77. The van der Waals surface area contributed by atoms with E-state index in [0.29, 0.717) is 19.5 Å². The molecule has 4 nitrogen and oxygen atoms in total. The van der Waals surface area contributed by atoms with Crippen LogP contribution in [0.5, 0.6) is 0 Å². The van der Waals surface area contributed by atoms with Crippen LogP contribution in [0.4, 0.5) is 13.6 Å². The van der Waals surface area contributed by atoms with Gasteiger partial charge in [-0.25, -0.2) is 13.6 Å². The van der Waals surface area contributed by atoms with Crippen molar-refractivity contribution in [2.24, 2.45) is 5.92 Å². The molecule has 0 aromatic heterocycles. The highest BCUT2D eigenvalue weighted by Crippen LogP contribution is 2.51. The van der Waals surface area contributed by atoms with Gasteiger partial charge in [-0.2, -0.15) is 0 Å². The summed E-state index contributed by atoms with van der Waals surface area (Å²) in [4.78, 5) is 14.2. The lowest BCUT2D eigenvalue weighted by molar-refractivity contribution is -0.143. The summed E-state index contributed by atoms with van der Waals surface area (Å²) in [5.41, 5.74) is -1.18. The summed E-state index contributed by atoms with van der Waals surface area (Å²) in [6, 6.07) is 9.79. The number of alkyl halides is 2. The molecule has 1 saturated carbocycles. The first-order chi connectivity index (χ1) is 11.6. The summed E-state index contributed by atoms with van der Waals surface area (Å²) < 4.78 is 35.1. The van der Waals surface area contributed by atoms with Gasteiger partial charge in [0.25, 0.3) is 5.92 Å². The number of carbonyl (C=O) groups is 1. The quantitative estimate of drug-likeness (QED) is 0.899. The second-order valence-corrected chi connectivity index (χ2v) is 8.22. The van der Waals surface area contributed by atoms with Crippen molar-refractivity contribution in [1.29, 1.82) is 0 Å². The van der Waals surface area contributed by atoms with Gasteiger partial charge >= 0.3 is 6.09 Å². The maximum Gasteiger partial charge on any atom is 0.408 e. The number of hydrogen-bond donors (Lipinski definition) is 1. The van der Waals surface area contributed by atoms with Gasteiger partial charge in [0, 0.05) is 25.6 Å². The van der Waals surface area contributed by atoms with Crippen molar-refractivity contribution in [3.8, 4) is 0 Å². The smallest absolute Gasteiger partial charge is 0.408 e. The fraction of sp³-hybridized carbons (Fsp3) is 0.632. The number of nitrogens with one attached hydrogen (secondary N) is 1. The van der Waals surface area contributed by atoms with E-state index in [4.69, 9.17) is 4.74 Å². The molecule has 6 heteroatoms. The van der Waals surface area contributed by atoms with E-state index in [1.165, 1.54) is 0 Å². The van der Waals surface area contributed by atoms with E-state index in [9.17, 15) is 13.6 Å². The Morgan fingerprint density at radius 3 is 2.64 bits per heavy atom. The van der Waals surface area contributed by atoms with Gasteiger partial charge in [-0.15, -0.1) is 0 Å². The van der Waals surface area contributed by atoms with Crippen LogP contribution in [-0.4, -0.2) is 41.1 Å². The molecule has 2 bridgehead atoms. The van der Waals surface area contributed by atoms with Gasteiger partial charge < -0.3 is 10.1 Å². The first kappa shape index (κ1) is 18.1. The standard InChI is InChI=1S/C19H26F2N2O2/c1-17(2,3)25-16(24)22-18-10-9-15(19(18,20)21)12-23(13-18)11-14-7-5-4-6-8-14/h4-8,15H,9-13H2,1-3H3,(H,22,24). The lowest BCUT2D eigenvalue weighted by Crippen LogP contribution is -2.68. The van der Waals surface area contributed by atoms with Crippen LogP contribution in [0.15, 0.2) is 30.3 Å². The highest BCUT2D eigenvalue weighted by atomic mass is 19.3. The Labute approximate surface area is 147 Å². The highest BCUT2D eigenvalue weighted by Gasteiger charge is 2.66. The number of piperidine rings is 1. The lowest BCUT2D eigenvalue weighted by Gasteiger charge is -2.46. The number of carbonyl (C=O) groups excluding carboxylic acids is 1. The molecule has 138 valence electrons. The molecule has 1 saturated heterocycles. The zero-order chi connectivity index (χ0) is 18.3. The minimum atomic E-state index is -2.92. The lowest BCUT2D eigenvalue weighted by atomic mass is 9.86. The molecule has 25 heavy (non-hydrogen) atoms. The Balaban J connectivity index is 1.76. The summed E-state index contributed by atoms with van der Waals surface area (Å²) in [5.74, 6) is -3.66. The zero-order valence-corrected chi connectivity index (χ0v) is 15.0. The van der Waals surface area contributed by atoms with Gasteiger partial charge in [-0.1, -0.05) is 30.3 Å². The average molecular weight is 352 g/mol. The van der Waals surface area contributed by atoms with Crippen molar-refractivity contribution in [2.75, 3.05) is 13.1 Å². The minimum Gasteiger partial charge on any atom is -0.444 e. The van der Waals surface area contributed by atoms with Crippen LogP contribution in [0.2, 0.25) is 0 Å². The summed E-state index contributed by atoms with van der Waals surface area (Å²) in [5, 5.41) is 2.53. The van der Waals surface area contributed by atoms with E-state index in [-0.39, 0.29) is 13.0 Å². The summed E-state index contributed by atoms with van der Waals surface area (Å²) in [7, 11) is 0. The predicted octanol–water partition coefficient (Wildman–Crippen LogP) is 3.81. The fourth-order valence-electron chi connectivity index (χ4n) is 3.95. The summed E-state index contributed by atoms with van der Waals surface area (Å²) in [6.45, 7) is 6.25. The van der Waals surface area contributed by atoms with E-state index in [0.717, 1.165) is 5.56 Å². The monoisotopic (exact) mass is 352 g/mol. The number of fused-ring (bicyclic) bond motifs is 2. The Bertz CT molecular complexity index is 630. The number of nitrogens with zero attached hydrogens (tertiary/aromatic N) is 1. The fourth-order valence-corrected chi connectivity index (χ4v) is 3.95. The van der Waals surface area contributed by atoms with Crippen LogP contribution in [-0.2, 0) is 11.3 Å². The van der Waals surface area contributed by atoms with Gasteiger partial charge in [0.2, 0.25) is 0 Å². The van der Waals surface area contributed by atoms with Gasteiger partial charge in [-0.3, -0.25) is 4.90 Å². The molecule has 0 spiro atoms. The number of likely N-dealkylation sites (tertiary alicyclic amines) is 1. The van der Waals surface area contributed by atoms with E-state index in [1.807, 2.05) is 35.2 Å². The topological polar surface area (TPSA) is 41.6 Å². The van der Waals surface area contributed by atoms with Gasteiger partial charge in [0.1, 0.15) is 11.1 Å². The number of benzene rings is 1. The number of hydrogen-bond acceptors (Lipinski definition) is 3. The van der Waals surface area contributed by atoms with Crippen LogP contribution in [0.1, 0.15) is 39.2 Å². The molecule has 2 fully saturated rings. The maximum absolute atomic E-state index is 14.9. The van der Waals surface area contributed by atoms with Gasteiger partial charge in [-0.05, 0) is 39.2 Å². The van der Waals surface area contributed by atoms with Crippen LogP contribution in [0.3, 0.4) is 0 Å². The SMILES string of the molecule is CC(C)(C)OC(=O)NC12CCC(CN(Cc3ccccc3)C1)C2(F)F. The third-order valence-electron chi connectivity index (χ3n) is 5.03. The Kier molecular flexibility index (Phi) is 4.52. The van der Waals surface area contributed by atoms with Crippen molar-refractivity contribution in [2.45, 2.75) is 57.2 Å². The molecule has 1 aliphatic heterocycles. The number of amides is 1. The van der Waals surface area contributed by atoms with Crippen LogP contribution >= 0.6 is 0 Å². The van der Waals surface area contributed by atoms with Crippen molar-refractivity contribution in [3.63, 3.8) is 0 Å². The molecule has 1 heterocycles. The molecule has 1 amide bonds.